The van der Waals surface area contributed by atoms with Gasteiger partial charge in [0.15, 0.2) is 6.61 Å². The van der Waals surface area contributed by atoms with E-state index in [1.165, 1.54) is 6.26 Å². The topological polar surface area (TPSA) is 113 Å². The van der Waals surface area contributed by atoms with Crippen LogP contribution in [0.2, 0.25) is 0 Å². The summed E-state index contributed by atoms with van der Waals surface area (Å²) < 4.78 is 11.6. The van der Waals surface area contributed by atoms with Crippen molar-refractivity contribution in [1.29, 1.82) is 0 Å². The van der Waals surface area contributed by atoms with E-state index in [1.54, 1.807) is 35.2 Å². The van der Waals surface area contributed by atoms with E-state index in [1.807, 2.05) is 31.2 Å². The Morgan fingerprint density at radius 2 is 1.97 bits per heavy atom. The summed E-state index contributed by atoms with van der Waals surface area (Å²) >= 11 is 3.39. The number of aryl methyl sites for hydroxylation is 1. The number of hydrazine groups is 1. The quantitative estimate of drug-likeness (QED) is 0.358. The zero-order valence-electron chi connectivity index (χ0n) is 19.0. The van der Waals surface area contributed by atoms with Gasteiger partial charge in [-0.1, -0.05) is 33.6 Å². The van der Waals surface area contributed by atoms with Crippen LogP contribution in [0.4, 0.5) is 11.4 Å². The molecule has 0 saturated carbocycles. The highest BCUT2D eigenvalue weighted by molar-refractivity contribution is 9.10. The van der Waals surface area contributed by atoms with E-state index in [4.69, 9.17) is 9.15 Å². The number of hydrogen-bond donors (Lipinski definition) is 3. The van der Waals surface area contributed by atoms with Gasteiger partial charge in [0, 0.05) is 23.1 Å². The van der Waals surface area contributed by atoms with E-state index < -0.39 is 5.92 Å². The number of nitrogens with zero attached hydrogens (tertiary/aromatic N) is 1. The largest absolute Gasteiger partial charge is 0.482 e. The second-order valence-electron chi connectivity index (χ2n) is 8.14. The summed E-state index contributed by atoms with van der Waals surface area (Å²) in [6, 6.07) is 16.3. The molecule has 3 N–H and O–H groups in total. The number of carbonyl (C=O) groups is 3. The normalized spacial score (nSPS) is 15.1. The van der Waals surface area contributed by atoms with Crippen LogP contribution in [0.25, 0.3) is 0 Å². The zero-order valence-corrected chi connectivity index (χ0v) is 20.6. The van der Waals surface area contributed by atoms with Crippen molar-refractivity contribution >= 4 is 45.0 Å². The van der Waals surface area contributed by atoms with Crippen LogP contribution in [0.15, 0.2) is 69.8 Å². The number of amides is 3. The predicted octanol–water partition coefficient (Wildman–Crippen LogP) is 3.54. The van der Waals surface area contributed by atoms with E-state index >= 15 is 0 Å². The molecular formula is C25H25BrN4O5. The number of carbonyl (C=O) groups excluding carboxylic acids is 3. The van der Waals surface area contributed by atoms with Crippen LogP contribution in [0.3, 0.4) is 0 Å². The van der Waals surface area contributed by atoms with Crippen LogP contribution in [0, 0.1) is 12.8 Å². The Bertz CT molecular complexity index is 1200. The maximum atomic E-state index is 12.8. The molecule has 10 heteroatoms. The van der Waals surface area contributed by atoms with Gasteiger partial charge >= 0.3 is 0 Å². The fraction of sp³-hybridized carbons (Fsp3) is 0.240. The third kappa shape index (κ3) is 6.42. The third-order valence-electron chi connectivity index (χ3n) is 5.50. The molecule has 9 nitrogen and oxygen atoms in total. The second-order valence-corrected chi connectivity index (χ2v) is 9.06. The Kier molecular flexibility index (Phi) is 7.71. The number of ether oxygens (including phenoxy) is 1. The molecule has 4 rings (SSSR count). The first-order chi connectivity index (χ1) is 16.9. The molecular weight excluding hydrogens is 516 g/mol. The monoisotopic (exact) mass is 540 g/mol. The molecule has 35 heavy (non-hydrogen) atoms. The van der Waals surface area contributed by atoms with Crippen molar-refractivity contribution in [2.45, 2.75) is 19.9 Å². The van der Waals surface area contributed by atoms with Gasteiger partial charge in [-0.2, -0.15) is 0 Å². The van der Waals surface area contributed by atoms with Gasteiger partial charge in [0.2, 0.25) is 11.8 Å². The van der Waals surface area contributed by atoms with Crippen molar-refractivity contribution < 1.29 is 23.5 Å². The number of rotatable bonds is 9. The van der Waals surface area contributed by atoms with Gasteiger partial charge < -0.3 is 19.4 Å². The van der Waals surface area contributed by atoms with Crippen molar-refractivity contribution in [1.82, 2.24) is 10.7 Å². The molecule has 1 atom stereocenters. The molecule has 1 aromatic heterocycles. The fourth-order valence-electron chi connectivity index (χ4n) is 3.61. The lowest BCUT2D eigenvalue weighted by molar-refractivity contribution is -0.126. The Balaban J connectivity index is 1.31. The fourth-order valence-corrected chi connectivity index (χ4v) is 3.97. The minimum atomic E-state index is -0.500. The third-order valence-corrected chi connectivity index (χ3v) is 6.00. The maximum Gasteiger partial charge on any atom is 0.258 e. The number of hydrogen-bond acceptors (Lipinski definition) is 6. The summed E-state index contributed by atoms with van der Waals surface area (Å²) in [5.41, 5.74) is 7.85. The average molecular weight is 541 g/mol. The number of anilines is 2. The van der Waals surface area contributed by atoms with E-state index in [0.717, 1.165) is 15.7 Å². The summed E-state index contributed by atoms with van der Waals surface area (Å²) in [5.74, 6) is -0.208. The first kappa shape index (κ1) is 24.3. The van der Waals surface area contributed by atoms with Gasteiger partial charge in [0.05, 0.1) is 24.4 Å². The molecule has 0 bridgehead atoms. The van der Waals surface area contributed by atoms with Crippen LogP contribution in [-0.4, -0.2) is 30.9 Å². The van der Waals surface area contributed by atoms with Crippen LogP contribution in [0.1, 0.15) is 17.7 Å². The van der Waals surface area contributed by atoms with Gasteiger partial charge in [-0.3, -0.25) is 25.2 Å². The standard InChI is InChI=1S/C25H25BrN4O5/c1-16-4-7-19(8-5-16)30-14-17(11-24(30)32)25(33)29-28-21-12-18(26)6-9-22(21)35-15-23(31)27-13-20-3-2-10-34-20/h2-10,12,17,28H,11,13-15H2,1H3,(H,27,31)(H,29,33)/t17-/m0/s1. The van der Waals surface area contributed by atoms with E-state index in [2.05, 4.69) is 32.1 Å². The van der Waals surface area contributed by atoms with Crippen molar-refractivity contribution in [3.8, 4) is 5.75 Å². The SMILES string of the molecule is Cc1ccc(N2C[C@@H](C(=O)NNc3cc(Br)ccc3OCC(=O)NCc3ccco3)CC2=O)cc1. The molecule has 2 heterocycles. The van der Waals surface area contributed by atoms with Crippen LogP contribution in [-0.2, 0) is 20.9 Å². The minimum absolute atomic E-state index is 0.0963. The van der Waals surface area contributed by atoms with Gasteiger partial charge in [-0.15, -0.1) is 0 Å². The number of benzene rings is 2. The van der Waals surface area contributed by atoms with Gasteiger partial charge in [-0.25, -0.2) is 0 Å². The lowest BCUT2D eigenvalue weighted by Gasteiger charge is -2.18. The lowest BCUT2D eigenvalue weighted by atomic mass is 10.1. The minimum Gasteiger partial charge on any atom is -0.482 e. The molecule has 0 spiro atoms. The summed E-state index contributed by atoms with van der Waals surface area (Å²) in [7, 11) is 0. The van der Waals surface area contributed by atoms with Gasteiger partial charge in [-0.05, 0) is 49.4 Å². The first-order valence-corrected chi connectivity index (χ1v) is 11.8. The van der Waals surface area contributed by atoms with Crippen LogP contribution in [0.5, 0.6) is 5.75 Å². The van der Waals surface area contributed by atoms with E-state index in [0.29, 0.717) is 23.7 Å². The smallest absolute Gasteiger partial charge is 0.258 e. The first-order valence-electron chi connectivity index (χ1n) is 11.0. The molecule has 182 valence electrons. The zero-order chi connectivity index (χ0) is 24.8. The van der Waals surface area contributed by atoms with Crippen LogP contribution >= 0.6 is 15.9 Å². The highest BCUT2D eigenvalue weighted by atomic mass is 79.9. The second kappa shape index (κ2) is 11.1. The summed E-state index contributed by atoms with van der Waals surface area (Å²) in [6.07, 6.45) is 1.66. The Morgan fingerprint density at radius 1 is 1.17 bits per heavy atom. The molecule has 3 amide bonds. The van der Waals surface area contributed by atoms with Crippen molar-refractivity contribution in [3.63, 3.8) is 0 Å². The molecule has 1 aliphatic heterocycles. The Hall–Kier alpha value is -3.79. The molecule has 1 aliphatic rings. The number of nitrogens with one attached hydrogen (secondary N) is 3. The number of furan rings is 1. The van der Waals surface area contributed by atoms with Gasteiger partial charge in [0.1, 0.15) is 11.5 Å². The summed E-state index contributed by atoms with van der Waals surface area (Å²) in [6.45, 7) is 2.32. The molecule has 0 radical (unpaired) electrons. The van der Waals surface area contributed by atoms with E-state index in [9.17, 15) is 14.4 Å². The molecule has 2 aromatic carbocycles. The van der Waals surface area contributed by atoms with Crippen molar-refractivity contribution in [2.24, 2.45) is 5.92 Å². The van der Waals surface area contributed by atoms with Crippen molar-refractivity contribution in [2.75, 3.05) is 23.5 Å². The highest BCUT2D eigenvalue weighted by Gasteiger charge is 2.35. The molecule has 1 saturated heterocycles. The van der Waals surface area contributed by atoms with Gasteiger partial charge in [0.25, 0.3) is 5.91 Å². The Labute approximate surface area is 210 Å². The molecule has 0 aliphatic carbocycles. The average Bonchev–Trinajstić information content (AvgIpc) is 3.51. The predicted molar refractivity (Wildman–Crippen MR) is 134 cm³/mol. The molecule has 3 aromatic rings. The van der Waals surface area contributed by atoms with Crippen molar-refractivity contribution in [3.05, 3.63) is 76.7 Å². The highest BCUT2D eigenvalue weighted by Crippen LogP contribution is 2.29. The number of halogens is 1. The van der Waals surface area contributed by atoms with E-state index in [-0.39, 0.29) is 37.3 Å². The molecule has 1 fully saturated rings. The Morgan fingerprint density at radius 3 is 2.71 bits per heavy atom. The maximum absolute atomic E-state index is 12.8. The van der Waals surface area contributed by atoms with Crippen LogP contribution < -0.4 is 25.8 Å². The lowest BCUT2D eigenvalue weighted by Crippen LogP contribution is -2.36. The summed E-state index contributed by atoms with van der Waals surface area (Å²) in [4.78, 5) is 39.0. The molecule has 0 unspecified atom stereocenters. The summed E-state index contributed by atoms with van der Waals surface area (Å²) in [5, 5.41) is 2.70.